The van der Waals surface area contributed by atoms with Crippen molar-refractivity contribution in [2.24, 2.45) is 10.4 Å². The van der Waals surface area contributed by atoms with E-state index in [1.807, 2.05) is 6.20 Å². The Balaban J connectivity index is 0.00000300. The minimum absolute atomic E-state index is 0. The number of halogens is 1. The number of guanidine groups is 1. The average Bonchev–Trinajstić information content (AvgIpc) is 3.26. The van der Waals surface area contributed by atoms with Gasteiger partial charge in [-0.15, -0.1) is 24.0 Å². The standard InChI is InChI=1S/C22H37N5O.HI/c1-2-23-21(26-18-22(12-15-28)10-4-3-5-11-22)25-17-19-8-9-20(24-16-19)27-13-6-7-14-27;/h8-9,16,28H,2-7,10-15,17-18H2,1H3,(H2,23,25,26);1H. The molecule has 1 aromatic rings. The lowest BCUT2D eigenvalue weighted by Gasteiger charge is -2.37. The molecular formula is C22H38IN5O. The van der Waals surface area contributed by atoms with Crippen LogP contribution in [-0.2, 0) is 6.54 Å². The number of pyridine rings is 1. The van der Waals surface area contributed by atoms with E-state index in [0.717, 1.165) is 49.9 Å². The Kier molecular flexibility index (Phi) is 10.5. The maximum atomic E-state index is 9.52. The van der Waals surface area contributed by atoms with Crippen LogP contribution in [0.1, 0.15) is 63.9 Å². The normalized spacial score (nSPS) is 19.0. The third-order valence-corrected chi connectivity index (χ3v) is 6.19. The zero-order valence-corrected chi connectivity index (χ0v) is 20.2. The molecule has 0 spiro atoms. The summed E-state index contributed by atoms with van der Waals surface area (Å²) in [7, 11) is 0. The molecule has 2 aliphatic rings. The van der Waals surface area contributed by atoms with Gasteiger partial charge in [-0.1, -0.05) is 25.3 Å². The molecule has 1 aromatic heterocycles. The molecule has 1 saturated carbocycles. The van der Waals surface area contributed by atoms with Crippen molar-refractivity contribution >= 4 is 35.8 Å². The first-order valence-electron chi connectivity index (χ1n) is 11.1. The minimum atomic E-state index is 0. The molecule has 0 bridgehead atoms. The van der Waals surface area contributed by atoms with Gasteiger partial charge in [0.05, 0.1) is 6.54 Å². The van der Waals surface area contributed by atoms with E-state index in [1.54, 1.807) is 0 Å². The summed E-state index contributed by atoms with van der Waals surface area (Å²) in [5, 5.41) is 16.4. The van der Waals surface area contributed by atoms with Gasteiger partial charge in [-0.2, -0.15) is 0 Å². The van der Waals surface area contributed by atoms with Crippen LogP contribution < -0.4 is 15.5 Å². The number of nitrogens with one attached hydrogen (secondary N) is 2. The highest BCUT2D eigenvalue weighted by atomic mass is 127. The predicted octanol–water partition coefficient (Wildman–Crippen LogP) is 3.69. The molecule has 1 aliphatic heterocycles. The van der Waals surface area contributed by atoms with E-state index in [4.69, 9.17) is 4.99 Å². The van der Waals surface area contributed by atoms with Crippen molar-refractivity contribution in [1.82, 2.24) is 15.6 Å². The molecule has 0 radical (unpaired) electrons. The summed E-state index contributed by atoms with van der Waals surface area (Å²) in [5.41, 5.74) is 1.34. The number of nitrogens with zero attached hydrogens (tertiary/aromatic N) is 3. The van der Waals surface area contributed by atoms with Crippen molar-refractivity contribution < 1.29 is 5.11 Å². The van der Waals surface area contributed by atoms with Gasteiger partial charge in [0, 0.05) is 39.0 Å². The molecular weight excluding hydrogens is 477 g/mol. The zero-order valence-electron chi connectivity index (χ0n) is 17.8. The van der Waals surface area contributed by atoms with Crippen molar-refractivity contribution in [2.45, 2.75) is 64.8 Å². The fourth-order valence-corrected chi connectivity index (χ4v) is 4.48. The minimum Gasteiger partial charge on any atom is -0.396 e. The van der Waals surface area contributed by atoms with Crippen molar-refractivity contribution in [3.05, 3.63) is 23.9 Å². The second kappa shape index (κ2) is 12.6. The Morgan fingerprint density at radius 2 is 1.90 bits per heavy atom. The second-order valence-electron chi connectivity index (χ2n) is 8.30. The maximum Gasteiger partial charge on any atom is 0.191 e. The molecule has 0 amide bonds. The fraction of sp³-hybridized carbons (Fsp3) is 0.727. The Labute approximate surface area is 193 Å². The average molecular weight is 515 g/mol. The van der Waals surface area contributed by atoms with E-state index >= 15 is 0 Å². The van der Waals surface area contributed by atoms with Crippen LogP contribution in [0.2, 0.25) is 0 Å². The van der Waals surface area contributed by atoms with E-state index in [1.165, 1.54) is 44.9 Å². The van der Waals surface area contributed by atoms with E-state index in [2.05, 4.69) is 39.6 Å². The van der Waals surface area contributed by atoms with Gasteiger partial charge in [-0.25, -0.2) is 9.98 Å². The Hall–Kier alpha value is -1.09. The Morgan fingerprint density at radius 3 is 2.52 bits per heavy atom. The fourth-order valence-electron chi connectivity index (χ4n) is 4.48. The first-order valence-corrected chi connectivity index (χ1v) is 11.1. The summed E-state index contributed by atoms with van der Waals surface area (Å²) in [6, 6.07) is 4.26. The third kappa shape index (κ3) is 7.27. The van der Waals surface area contributed by atoms with Crippen molar-refractivity contribution in [2.75, 3.05) is 37.7 Å². The summed E-state index contributed by atoms with van der Waals surface area (Å²) in [4.78, 5) is 11.7. The summed E-state index contributed by atoms with van der Waals surface area (Å²) in [6.07, 6.45) is 11.6. The van der Waals surface area contributed by atoms with E-state index in [9.17, 15) is 5.11 Å². The van der Waals surface area contributed by atoms with Crippen LogP contribution in [0.15, 0.2) is 23.3 Å². The highest BCUT2D eigenvalue weighted by Crippen LogP contribution is 2.38. The van der Waals surface area contributed by atoms with Gasteiger partial charge in [-0.05, 0) is 56.1 Å². The van der Waals surface area contributed by atoms with Crippen LogP contribution in [0.3, 0.4) is 0 Å². The molecule has 164 valence electrons. The largest absolute Gasteiger partial charge is 0.396 e. The quantitative estimate of drug-likeness (QED) is 0.280. The van der Waals surface area contributed by atoms with Crippen LogP contribution in [0.25, 0.3) is 0 Å². The third-order valence-electron chi connectivity index (χ3n) is 6.19. The van der Waals surface area contributed by atoms with Crippen LogP contribution in [-0.4, -0.2) is 48.8 Å². The molecule has 0 atom stereocenters. The Morgan fingerprint density at radius 1 is 1.14 bits per heavy atom. The number of aliphatic hydroxyl groups excluding tert-OH is 1. The number of aliphatic hydroxyl groups is 1. The zero-order chi connectivity index (χ0) is 19.7. The molecule has 6 nitrogen and oxygen atoms in total. The van der Waals surface area contributed by atoms with Gasteiger partial charge in [-0.3, -0.25) is 0 Å². The van der Waals surface area contributed by atoms with Crippen LogP contribution in [0.5, 0.6) is 0 Å². The molecule has 0 unspecified atom stereocenters. The number of aliphatic imine (C=N–C) groups is 1. The van der Waals surface area contributed by atoms with Gasteiger partial charge >= 0.3 is 0 Å². The lowest BCUT2D eigenvalue weighted by atomic mass is 9.72. The summed E-state index contributed by atoms with van der Waals surface area (Å²) in [6.45, 7) is 6.94. The molecule has 7 heteroatoms. The highest BCUT2D eigenvalue weighted by molar-refractivity contribution is 14.0. The molecule has 29 heavy (non-hydrogen) atoms. The smallest absolute Gasteiger partial charge is 0.191 e. The first-order chi connectivity index (χ1) is 13.7. The molecule has 0 aromatic carbocycles. The topological polar surface area (TPSA) is 72.8 Å². The molecule has 3 N–H and O–H groups in total. The summed E-state index contributed by atoms with van der Waals surface area (Å²) in [5.74, 6) is 1.94. The molecule has 3 rings (SSSR count). The SMILES string of the molecule is CCNC(=NCc1ccc(N2CCCC2)nc1)NCC1(CCO)CCCCC1.I. The predicted molar refractivity (Wildman–Crippen MR) is 131 cm³/mol. The molecule has 1 aliphatic carbocycles. The van der Waals surface area contributed by atoms with Crippen LogP contribution in [0, 0.1) is 5.41 Å². The molecule has 2 fully saturated rings. The summed E-state index contributed by atoms with van der Waals surface area (Å²) >= 11 is 0. The van der Waals surface area contributed by atoms with Crippen LogP contribution >= 0.6 is 24.0 Å². The first kappa shape index (κ1) is 24.2. The van der Waals surface area contributed by atoms with Crippen LogP contribution in [0.4, 0.5) is 5.82 Å². The highest BCUT2D eigenvalue weighted by Gasteiger charge is 2.31. The van der Waals surface area contributed by atoms with E-state index < -0.39 is 0 Å². The van der Waals surface area contributed by atoms with E-state index in [-0.39, 0.29) is 36.0 Å². The van der Waals surface area contributed by atoms with Gasteiger partial charge in [0.15, 0.2) is 5.96 Å². The number of hydrogen-bond donors (Lipinski definition) is 3. The summed E-state index contributed by atoms with van der Waals surface area (Å²) < 4.78 is 0. The number of hydrogen-bond acceptors (Lipinski definition) is 4. The van der Waals surface area contributed by atoms with Gasteiger partial charge in [0.1, 0.15) is 5.82 Å². The number of rotatable bonds is 8. The van der Waals surface area contributed by atoms with Gasteiger partial charge < -0.3 is 20.6 Å². The second-order valence-corrected chi connectivity index (χ2v) is 8.30. The van der Waals surface area contributed by atoms with Gasteiger partial charge in [0.2, 0.25) is 0 Å². The van der Waals surface area contributed by atoms with E-state index in [0.29, 0.717) is 6.54 Å². The maximum absolute atomic E-state index is 9.52. The molecule has 1 saturated heterocycles. The van der Waals surface area contributed by atoms with Gasteiger partial charge in [0.25, 0.3) is 0 Å². The van der Waals surface area contributed by atoms with Crippen molar-refractivity contribution in [3.8, 4) is 0 Å². The monoisotopic (exact) mass is 515 g/mol. The number of anilines is 1. The lowest BCUT2D eigenvalue weighted by Crippen LogP contribution is -2.44. The van der Waals surface area contributed by atoms with Crippen molar-refractivity contribution in [3.63, 3.8) is 0 Å². The Bertz CT molecular complexity index is 605. The number of aromatic nitrogens is 1. The molecule has 2 heterocycles. The lowest BCUT2D eigenvalue weighted by molar-refractivity contribution is 0.131. The van der Waals surface area contributed by atoms with Crippen molar-refractivity contribution in [1.29, 1.82) is 0 Å².